The summed E-state index contributed by atoms with van der Waals surface area (Å²) in [5.74, 6) is 0.920. The van der Waals surface area contributed by atoms with Crippen LogP contribution in [-0.2, 0) is 6.54 Å². The number of nitrogens with zero attached hydrogens (tertiary/aromatic N) is 1. The molecular formula is C14H11ClN2O4. The highest BCUT2D eigenvalue weighted by Crippen LogP contribution is 2.32. The summed E-state index contributed by atoms with van der Waals surface area (Å²) < 4.78 is 10.9. The number of ether oxygens (including phenoxy) is 2. The zero-order valence-electron chi connectivity index (χ0n) is 10.8. The van der Waals surface area contributed by atoms with Gasteiger partial charge >= 0.3 is 0 Å². The normalized spacial score (nSPS) is 12.2. The van der Waals surface area contributed by atoms with Crippen LogP contribution in [0.1, 0.15) is 15.9 Å². The number of rotatable bonds is 3. The predicted molar refractivity (Wildman–Crippen MR) is 74.1 cm³/mol. The van der Waals surface area contributed by atoms with Crippen LogP contribution in [0.2, 0.25) is 5.15 Å². The van der Waals surface area contributed by atoms with Crippen molar-refractivity contribution >= 4 is 17.5 Å². The van der Waals surface area contributed by atoms with Crippen molar-refractivity contribution in [2.24, 2.45) is 0 Å². The number of hydrogen-bond donors (Lipinski definition) is 1. The van der Waals surface area contributed by atoms with Crippen LogP contribution in [0.5, 0.6) is 11.5 Å². The summed E-state index contributed by atoms with van der Waals surface area (Å²) in [5.41, 5.74) is 0.990. The second-order valence-electron chi connectivity index (χ2n) is 4.41. The van der Waals surface area contributed by atoms with Gasteiger partial charge in [0.2, 0.25) is 6.79 Å². The summed E-state index contributed by atoms with van der Waals surface area (Å²) in [6.07, 6.45) is 1.23. The Balaban J connectivity index is 1.70. The van der Waals surface area contributed by atoms with E-state index in [9.17, 15) is 10.0 Å². The summed E-state index contributed by atoms with van der Waals surface area (Å²) in [6, 6.07) is 8.36. The first-order valence-corrected chi connectivity index (χ1v) is 6.57. The first kappa shape index (κ1) is 13.5. The largest absolute Gasteiger partial charge is 0.618 e. The molecule has 6 nitrogen and oxygen atoms in total. The molecule has 1 amide bonds. The summed E-state index contributed by atoms with van der Waals surface area (Å²) in [6.45, 7) is 0.494. The molecule has 2 heterocycles. The van der Waals surface area contributed by atoms with Gasteiger partial charge in [-0.3, -0.25) is 4.79 Å². The highest BCUT2D eigenvalue weighted by atomic mass is 35.5. The molecule has 1 N–H and O–H groups in total. The van der Waals surface area contributed by atoms with Crippen molar-refractivity contribution in [1.82, 2.24) is 5.32 Å². The Hall–Kier alpha value is -2.47. The third-order valence-electron chi connectivity index (χ3n) is 3.03. The molecule has 0 unspecified atom stereocenters. The van der Waals surface area contributed by atoms with Crippen LogP contribution in [0, 0.1) is 5.21 Å². The van der Waals surface area contributed by atoms with E-state index in [0.29, 0.717) is 22.8 Å². The minimum Gasteiger partial charge on any atom is -0.618 e. The van der Waals surface area contributed by atoms with E-state index in [2.05, 4.69) is 5.32 Å². The number of aromatic nitrogens is 1. The van der Waals surface area contributed by atoms with Gasteiger partial charge in [0, 0.05) is 12.6 Å². The monoisotopic (exact) mass is 306 g/mol. The van der Waals surface area contributed by atoms with Gasteiger partial charge in [0.1, 0.15) is 5.56 Å². The Morgan fingerprint density at radius 3 is 3.00 bits per heavy atom. The molecule has 3 rings (SSSR count). The van der Waals surface area contributed by atoms with Crippen molar-refractivity contribution in [2.45, 2.75) is 6.54 Å². The fourth-order valence-corrected chi connectivity index (χ4v) is 2.17. The minimum atomic E-state index is -0.414. The average Bonchev–Trinajstić information content (AvgIpc) is 2.95. The quantitative estimate of drug-likeness (QED) is 0.531. The molecule has 1 aromatic carbocycles. The maximum absolute atomic E-state index is 12.0. The smallest absolute Gasteiger partial charge is 0.299 e. The maximum Gasteiger partial charge on any atom is 0.299 e. The van der Waals surface area contributed by atoms with Gasteiger partial charge in [-0.05, 0) is 35.4 Å². The van der Waals surface area contributed by atoms with Crippen LogP contribution < -0.4 is 19.5 Å². The number of nitrogens with one attached hydrogen (secondary N) is 1. The number of hydrogen-bond acceptors (Lipinski definition) is 4. The Labute approximate surface area is 125 Å². The lowest BCUT2D eigenvalue weighted by atomic mass is 10.2. The second-order valence-corrected chi connectivity index (χ2v) is 4.77. The van der Waals surface area contributed by atoms with E-state index in [0.717, 1.165) is 5.56 Å². The molecule has 0 fully saturated rings. The topological polar surface area (TPSA) is 74.5 Å². The standard InChI is InChI=1S/C14H11ClN2O4/c15-13-10(2-1-5-17(13)19)14(18)16-7-9-3-4-11-12(6-9)21-8-20-11/h1-6H,7-8H2,(H,16,18). The van der Waals surface area contributed by atoms with Crippen LogP contribution in [0.15, 0.2) is 36.5 Å². The summed E-state index contributed by atoms with van der Waals surface area (Å²) in [4.78, 5) is 12.0. The van der Waals surface area contributed by atoms with Gasteiger partial charge < -0.3 is 20.0 Å². The highest BCUT2D eigenvalue weighted by molar-refractivity contribution is 6.31. The van der Waals surface area contributed by atoms with Gasteiger partial charge in [-0.2, -0.15) is 4.73 Å². The molecule has 1 aromatic heterocycles. The highest BCUT2D eigenvalue weighted by Gasteiger charge is 2.17. The molecule has 2 aromatic rings. The van der Waals surface area contributed by atoms with E-state index in [4.69, 9.17) is 21.1 Å². The lowest BCUT2D eigenvalue weighted by molar-refractivity contribution is -0.603. The molecule has 0 saturated carbocycles. The summed E-state index contributed by atoms with van der Waals surface area (Å²) >= 11 is 5.80. The van der Waals surface area contributed by atoms with Gasteiger partial charge in [-0.25, -0.2) is 0 Å². The molecule has 0 bridgehead atoms. The molecule has 0 radical (unpaired) electrons. The fraction of sp³-hybridized carbons (Fsp3) is 0.143. The SMILES string of the molecule is O=C(NCc1ccc2c(c1)OCO2)c1ccc[n+]([O-])c1Cl. The molecule has 0 spiro atoms. The molecule has 108 valence electrons. The molecule has 21 heavy (non-hydrogen) atoms. The number of amides is 1. The first-order valence-electron chi connectivity index (χ1n) is 6.19. The van der Waals surface area contributed by atoms with E-state index in [1.165, 1.54) is 18.3 Å². The Bertz CT molecular complexity index is 705. The number of benzene rings is 1. The fourth-order valence-electron chi connectivity index (χ4n) is 1.97. The zero-order chi connectivity index (χ0) is 14.8. The van der Waals surface area contributed by atoms with E-state index >= 15 is 0 Å². The molecule has 1 aliphatic heterocycles. The van der Waals surface area contributed by atoms with Gasteiger partial charge in [0.15, 0.2) is 17.7 Å². The molecule has 7 heteroatoms. The molecule has 1 aliphatic rings. The minimum absolute atomic E-state index is 0.134. The third-order valence-corrected chi connectivity index (χ3v) is 3.40. The van der Waals surface area contributed by atoms with Crippen LogP contribution >= 0.6 is 11.6 Å². The number of carbonyl (C=O) groups is 1. The van der Waals surface area contributed by atoms with Crippen molar-refractivity contribution in [2.75, 3.05) is 6.79 Å². The molecular weight excluding hydrogens is 296 g/mol. The summed E-state index contributed by atoms with van der Waals surface area (Å²) in [5, 5.41) is 13.9. The number of pyridine rings is 1. The molecule has 0 atom stereocenters. The predicted octanol–water partition coefficient (Wildman–Crippen LogP) is 1.63. The van der Waals surface area contributed by atoms with E-state index in [1.54, 1.807) is 12.1 Å². The second kappa shape index (κ2) is 5.49. The Morgan fingerprint density at radius 2 is 2.14 bits per heavy atom. The van der Waals surface area contributed by atoms with Crippen molar-refractivity contribution in [3.8, 4) is 11.5 Å². The maximum atomic E-state index is 12.0. The lowest BCUT2D eigenvalue weighted by Gasteiger charge is -2.07. The zero-order valence-corrected chi connectivity index (χ0v) is 11.6. The van der Waals surface area contributed by atoms with Crippen molar-refractivity contribution < 1.29 is 19.0 Å². The van der Waals surface area contributed by atoms with Gasteiger partial charge in [0.25, 0.3) is 11.1 Å². The van der Waals surface area contributed by atoms with Crippen molar-refractivity contribution in [3.05, 3.63) is 58.0 Å². The lowest BCUT2D eigenvalue weighted by Crippen LogP contribution is -2.32. The van der Waals surface area contributed by atoms with Crippen molar-refractivity contribution in [3.63, 3.8) is 0 Å². The van der Waals surface area contributed by atoms with Gasteiger partial charge in [-0.15, -0.1) is 0 Å². The van der Waals surface area contributed by atoms with E-state index < -0.39 is 5.91 Å². The van der Waals surface area contributed by atoms with E-state index in [-0.39, 0.29) is 17.5 Å². The van der Waals surface area contributed by atoms with Crippen LogP contribution in [0.25, 0.3) is 0 Å². The van der Waals surface area contributed by atoms with Gasteiger partial charge in [0.05, 0.1) is 0 Å². The third kappa shape index (κ3) is 2.71. The Kier molecular flexibility index (Phi) is 3.53. The summed E-state index contributed by atoms with van der Waals surface area (Å²) in [7, 11) is 0. The Morgan fingerprint density at radius 1 is 1.33 bits per heavy atom. The van der Waals surface area contributed by atoms with Crippen LogP contribution in [0.4, 0.5) is 0 Å². The van der Waals surface area contributed by atoms with Crippen molar-refractivity contribution in [1.29, 1.82) is 0 Å². The number of carbonyl (C=O) groups excluding carboxylic acids is 1. The average molecular weight is 307 g/mol. The number of halogens is 1. The number of fused-ring (bicyclic) bond motifs is 1. The molecule has 0 saturated heterocycles. The first-order chi connectivity index (χ1) is 10.1. The van der Waals surface area contributed by atoms with Crippen LogP contribution in [0.3, 0.4) is 0 Å². The van der Waals surface area contributed by atoms with Crippen LogP contribution in [-0.4, -0.2) is 12.7 Å². The van der Waals surface area contributed by atoms with Gasteiger partial charge in [-0.1, -0.05) is 6.07 Å². The molecule has 0 aliphatic carbocycles. The van der Waals surface area contributed by atoms with E-state index in [1.807, 2.05) is 6.07 Å².